The van der Waals surface area contributed by atoms with Crippen LogP contribution in [0.3, 0.4) is 0 Å². The number of hydrogen-bond acceptors (Lipinski definition) is 4. The lowest BCUT2D eigenvalue weighted by molar-refractivity contribution is 0.252. The summed E-state index contributed by atoms with van der Waals surface area (Å²) in [4.78, 5) is 16.2. The average molecular weight is 430 g/mol. The Morgan fingerprint density at radius 1 is 1.14 bits per heavy atom. The Balaban J connectivity index is 1.56. The summed E-state index contributed by atoms with van der Waals surface area (Å²) in [7, 11) is 0. The second-order valence-corrected chi connectivity index (χ2v) is 9.62. The van der Waals surface area contributed by atoms with E-state index in [0.717, 1.165) is 46.1 Å². The molecule has 0 aliphatic carbocycles. The monoisotopic (exact) mass is 429 g/mol. The summed E-state index contributed by atoms with van der Waals surface area (Å²) < 4.78 is 13.4. The molecule has 0 atom stereocenters. The first kappa shape index (κ1) is 20.1. The average Bonchev–Trinajstić information content (AvgIpc) is 3.20. The van der Waals surface area contributed by atoms with Crippen LogP contribution in [0.4, 0.5) is 14.2 Å². The van der Waals surface area contributed by atoms with Crippen molar-refractivity contribution >= 4 is 33.7 Å². The fourth-order valence-corrected chi connectivity index (χ4v) is 6.00. The molecule has 0 saturated heterocycles. The zero-order valence-corrected chi connectivity index (χ0v) is 18.4. The van der Waals surface area contributed by atoms with Crippen molar-refractivity contribution < 1.29 is 9.18 Å². The van der Waals surface area contributed by atoms with Crippen molar-refractivity contribution in [2.75, 3.05) is 11.9 Å². The van der Waals surface area contributed by atoms with E-state index in [2.05, 4.69) is 29.8 Å². The predicted molar refractivity (Wildman–Crippen MR) is 120 cm³/mol. The number of thiophene rings is 2. The number of carbonyl (C=O) groups is 1. The van der Waals surface area contributed by atoms with Crippen molar-refractivity contribution in [3.05, 3.63) is 62.1 Å². The van der Waals surface area contributed by atoms with Gasteiger partial charge in [0, 0.05) is 27.7 Å². The summed E-state index contributed by atoms with van der Waals surface area (Å²) in [5.41, 5.74) is 5.79. The van der Waals surface area contributed by atoms with Crippen molar-refractivity contribution in [2.45, 2.75) is 40.3 Å². The van der Waals surface area contributed by atoms with Gasteiger partial charge in [-0.2, -0.15) is 0 Å². The van der Waals surface area contributed by atoms with Gasteiger partial charge >= 0.3 is 6.03 Å². The number of carbonyl (C=O) groups excluding carboxylic acids is 1. The van der Waals surface area contributed by atoms with Crippen LogP contribution in [0.1, 0.15) is 32.0 Å². The number of anilines is 1. The highest BCUT2D eigenvalue weighted by molar-refractivity contribution is 7.16. The minimum absolute atomic E-state index is 0.201. The maximum Gasteiger partial charge on any atom is 0.320 e. The van der Waals surface area contributed by atoms with Gasteiger partial charge in [-0.1, -0.05) is 12.1 Å². The van der Waals surface area contributed by atoms with Crippen LogP contribution < -0.4 is 16.0 Å². The zero-order chi connectivity index (χ0) is 20.5. The van der Waals surface area contributed by atoms with E-state index in [4.69, 9.17) is 0 Å². The van der Waals surface area contributed by atoms with E-state index in [1.54, 1.807) is 22.7 Å². The van der Waals surface area contributed by atoms with Crippen molar-refractivity contribution in [2.24, 2.45) is 0 Å². The van der Waals surface area contributed by atoms with E-state index in [1.807, 2.05) is 19.1 Å². The predicted octanol–water partition coefficient (Wildman–Crippen LogP) is 5.51. The third-order valence-electron chi connectivity index (χ3n) is 5.48. The smallest absolute Gasteiger partial charge is 0.320 e. The highest BCUT2D eigenvalue weighted by Gasteiger charge is 2.22. The minimum atomic E-state index is -0.243. The minimum Gasteiger partial charge on any atom is -0.334 e. The van der Waals surface area contributed by atoms with Crippen LogP contribution in [0, 0.1) is 26.6 Å². The molecule has 29 heavy (non-hydrogen) atoms. The van der Waals surface area contributed by atoms with Crippen LogP contribution >= 0.6 is 22.7 Å². The summed E-state index contributed by atoms with van der Waals surface area (Å²) in [5, 5.41) is 10.3. The van der Waals surface area contributed by atoms with Crippen LogP contribution in [-0.2, 0) is 19.5 Å². The highest BCUT2D eigenvalue weighted by atomic mass is 32.1. The zero-order valence-electron chi connectivity index (χ0n) is 16.7. The summed E-state index contributed by atoms with van der Waals surface area (Å²) in [6.45, 7) is 8.39. The molecule has 1 aliphatic rings. The topological polar surface area (TPSA) is 53.2 Å². The molecule has 0 bridgehead atoms. The third kappa shape index (κ3) is 4.08. The van der Waals surface area contributed by atoms with Gasteiger partial charge < -0.3 is 10.6 Å². The summed E-state index contributed by atoms with van der Waals surface area (Å²) in [5.74, 6) is -0.243. The van der Waals surface area contributed by atoms with Crippen molar-refractivity contribution in [3.63, 3.8) is 0 Å². The van der Waals surface area contributed by atoms with Gasteiger partial charge in [0.05, 0.1) is 5.00 Å². The molecule has 152 valence electrons. The fraction of sp³-hybridized carbons (Fsp3) is 0.318. The standard InChI is InChI=1S/C22H24FN3OS2/c1-12-13(2)21(28-14(12)3)26-22(27)25-10-18-17-8-9-24-11-19(17)29-20(18)15-4-6-16(23)7-5-15/h4-7,24H,8-11H2,1-3H3,(H2,25,26,27). The first-order chi connectivity index (χ1) is 13.9. The van der Waals surface area contributed by atoms with E-state index in [1.165, 1.54) is 33.0 Å². The largest absolute Gasteiger partial charge is 0.334 e. The van der Waals surface area contributed by atoms with Crippen molar-refractivity contribution in [1.82, 2.24) is 10.6 Å². The molecule has 7 heteroatoms. The lowest BCUT2D eigenvalue weighted by atomic mass is 10.00. The fourth-order valence-electron chi connectivity index (χ4n) is 3.60. The molecule has 3 N–H and O–H groups in total. The number of hydrogen-bond donors (Lipinski definition) is 3. The lowest BCUT2D eigenvalue weighted by Gasteiger charge is -2.15. The molecule has 0 radical (unpaired) electrons. The SMILES string of the molecule is Cc1sc(NC(=O)NCc2c(-c3ccc(F)cc3)sc3c2CCNC3)c(C)c1C. The Morgan fingerprint density at radius 2 is 1.90 bits per heavy atom. The molecule has 0 fully saturated rings. The summed E-state index contributed by atoms with van der Waals surface area (Å²) in [6.07, 6.45) is 0.939. The highest BCUT2D eigenvalue weighted by Crippen LogP contribution is 2.38. The van der Waals surface area contributed by atoms with E-state index in [0.29, 0.717) is 6.54 Å². The molecule has 3 heterocycles. The van der Waals surface area contributed by atoms with Crippen molar-refractivity contribution in [1.29, 1.82) is 0 Å². The second kappa shape index (κ2) is 8.26. The van der Waals surface area contributed by atoms with Crippen LogP contribution in [0.15, 0.2) is 24.3 Å². The molecule has 4 nitrogen and oxygen atoms in total. The van der Waals surface area contributed by atoms with Gasteiger partial charge in [-0.3, -0.25) is 5.32 Å². The van der Waals surface area contributed by atoms with Gasteiger partial charge in [0.15, 0.2) is 0 Å². The maximum absolute atomic E-state index is 13.4. The third-order valence-corrected chi connectivity index (χ3v) is 8.03. The molecule has 0 saturated carbocycles. The number of nitrogens with one attached hydrogen (secondary N) is 3. The van der Waals surface area contributed by atoms with Crippen LogP contribution in [0.2, 0.25) is 0 Å². The lowest BCUT2D eigenvalue weighted by Crippen LogP contribution is -2.29. The number of halogens is 1. The number of fused-ring (bicyclic) bond motifs is 1. The molecule has 1 aromatic carbocycles. The van der Waals surface area contributed by atoms with E-state index < -0.39 is 0 Å². The normalized spacial score (nSPS) is 13.2. The number of urea groups is 1. The van der Waals surface area contributed by atoms with Gasteiger partial charge in [0.1, 0.15) is 5.82 Å². The number of aryl methyl sites for hydroxylation is 1. The van der Waals surface area contributed by atoms with E-state index >= 15 is 0 Å². The Morgan fingerprint density at radius 3 is 2.59 bits per heavy atom. The first-order valence-electron chi connectivity index (χ1n) is 9.65. The van der Waals surface area contributed by atoms with Gasteiger partial charge in [0.25, 0.3) is 0 Å². The van der Waals surface area contributed by atoms with Gasteiger partial charge in [-0.05, 0) is 73.7 Å². The number of benzene rings is 1. The van der Waals surface area contributed by atoms with Gasteiger partial charge in [-0.15, -0.1) is 22.7 Å². The van der Waals surface area contributed by atoms with Gasteiger partial charge in [0.2, 0.25) is 0 Å². The molecule has 4 rings (SSSR count). The first-order valence-corrected chi connectivity index (χ1v) is 11.3. The molecule has 3 aromatic rings. The van der Waals surface area contributed by atoms with E-state index in [9.17, 15) is 9.18 Å². The Hall–Kier alpha value is -2.22. The quantitative estimate of drug-likeness (QED) is 0.512. The number of rotatable bonds is 4. The molecule has 0 spiro atoms. The molecular weight excluding hydrogens is 405 g/mol. The Labute approximate surface area is 178 Å². The second-order valence-electron chi connectivity index (χ2n) is 7.29. The van der Waals surface area contributed by atoms with Crippen LogP contribution in [-0.4, -0.2) is 12.6 Å². The Kier molecular flexibility index (Phi) is 5.72. The van der Waals surface area contributed by atoms with Crippen LogP contribution in [0.25, 0.3) is 10.4 Å². The van der Waals surface area contributed by atoms with Crippen LogP contribution in [0.5, 0.6) is 0 Å². The molecule has 2 amide bonds. The van der Waals surface area contributed by atoms with Gasteiger partial charge in [-0.25, -0.2) is 9.18 Å². The summed E-state index contributed by atoms with van der Waals surface area (Å²) in [6, 6.07) is 6.39. The molecule has 0 unspecified atom stereocenters. The number of amides is 2. The summed E-state index contributed by atoms with van der Waals surface area (Å²) >= 11 is 3.33. The van der Waals surface area contributed by atoms with Crippen molar-refractivity contribution in [3.8, 4) is 10.4 Å². The molecule has 1 aliphatic heterocycles. The molecule has 2 aromatic heterocycles. The Bertz CT molecular complexity index is 1050. The molecular formula is C22H24FN3OS2. The maximum atomic E-state index is 13.4. The van der Waals surface area contributed by atoms with E-state index in [-0.39, 0.29) is 11.8 Å².